The van der Waals surface area contributed by atoms with Gasteiger partial charge in [-0.15, -0.1) is 0 Å². The minimum absolute atomic E-state index is 0.0384. The van der Waals surface area contributed by atoms with Crippen molar-refractivity contribution < 1.29 is 9.84 Å². The lowest BCUT2D eigenvalue weighted by atomic mass is 10.5. The summed E-state index contributed by atoms with van der Waals surface area (Å²) in [5.74, 6) is 0. The van der Waals surface area contributed by atoms with Gasteiger partial charge in [-0.2, -0.15) is 0 Å². The Morgan fingerprint density at radius 1 is 1.55 bits per heavy atom. The van der Waals surface area contributed by atoms with Crippen molar-refractivity contribution in [2.24, 2.45) is 0 Å². The molecule has 0 amide bonds. The topological polar surface area (TPSA) is 44.7 Å². The Kier molecular flexibility index (Phi) is 6.45. The van der Waals surface area contributed by atoms with E-state index in [4.69, 9.17) is 9.84 Å². The molecule has 0 heterocycles. The van der Waals surface area contributed by atoms with E-state index in [-0.39, 0.29) is 12.8 Å². The van der Waals surface area contributed by atoms with Crippen LogP contribution in [0.1, 0.15) is 0 Å². The molecule has 0 aromatic rings. The minimum Gasteiger partial charge on any atom is -0.392 e. The molecule has 0 aliphatic carbocycles. The van der Waals surface area contributed by atoms with Crippen LogP contribution in [0.15, 0.2) is 0 Å². The van der Waals surface area contributed by atoms with E-state index in [0.717, 1.165) is 6.54 Å². The summed E-state index contributed by atoms with van der Waals surface area (Å²) < 4.78 is 5.31. The number of hydrogen-bond acceptors (Lipinski definition) is 4. The van der Waals surface area contributed by atoms with Gasteiger partial charge in [0.25, 0.3) is 0 Å². The van der Waals surface area contributed by atoms with Gasteiger partial charge in [-0.3, -0.25) is 4.90 Å². The van der Waals surface area contributed by atoms with Crippen molar-refractivity contribution in [1.29, 1.82) is 0 Å². The standard InChI is InChI=1S/C7H18N2O2/c1-8-4-5-11-7(6-10)9(2)3/h7-8,10H,4-6H2,1-3H3. The highest BCUT2D eigenvalue weighted by molar-refractivity contribution is 4.51. The van der Waals surface area contributed by atoms with Crippen molar-refractivity contribution in [2.75, 3.05) is 40.9 Å². The lowest BCUT2D eigenvalue weighted by Crippen LogP contribution is -2.35. The molecule has 0 aromatic heterocycles. The number of nitrogens with zero attached hydrogens (tertiary/aromatic N) is 1. The molecule has 1 atom stereocenters. The normalized spacial score (nSPS) is 13.9. The molecule has 0 bridgehead atoms. The van der Waals surface area contributed by atoms with Crippen molar-refractivity contribution in [3.05, 3.63) is 0 Å². The van der Waals surface area contributed by atoms with Gasteiger partial charge in [-0.1, -0.05) is 0 Å². The fraction of sp³-hybridized carbons (Fsp3) is 1.00. The second-order valence-corrected chi connectivity index (χ2v) is 2.58. The first-order valence-corrected chi connectivity index (χ1v) is 3.76. The zero-order valence-corrected chi connectivity index (χ0v) is 7.50. The third kappa shape index (κ3) is 5.15. The van der Waals surface area contributed by atoms with Crippen molar-refractivity contribution in [1.82, 2.24) is 10.2 Å². The summed E-state index contributed by atoms with van der Waals surface area (Å²) in [6.45, 7) is 1.47. The van der Waals surface area contributed by atoms with Crippen molar-refractivity contribution >= 4 is 0 Å². The molecule has 0 rings (SSSR count). The van der Waals surface area contributed by atoms with Crippen LogP contribution in [-0.2, 0) is 4.74 Å². The Labute approximate surface area is 68.1 Å². The van der Waals surface area contributed by atoms with Crippen LogP contribution in [0.3, 0.4) is 0 Å². The average Bonchev–Trinajstić information content (AvgIpc) is 1.97. The highest BCUT2D eigenvalue weighted by Crippen LogP contribution is 1.92. The zero-order chi connectivity index (χ0) is 8.69. The summed E-state index contributed by atoms with van der Waals surface area (Å²) in [5, 5.41) is 11.8. The molecule has 0 radical (unpaired) electrons. The van der Waals surface area contributed by atoms with E-state index in [0.29, 0.717) is 6.61 Å². The van der Waals surface area contributed by atoms with Crippen LogP contribution in [0.25, 0.3) is 0 Å². The SMILES string of the molecule is CNCCOC(CO)N(C)C. The number of likely N-dealkylation sites (N-methyl/N-ethyl adjacent to an activating group) is 2. The van der Waals surface area contributed by atoms with E-state index in [9.17, 15) is 0 Å². The highest BCUT2D eigenvalue weighted by Gasteiger charge is 2.08. The van der Waals surface area contributed by atoms with E-state index >= 15 is 0 Å². The molecule has 4 heteroatoms. The summed E-state index contributed by atoms with van der Waals surface area (Å²) in [6, 6.07) is 0. The Bertz CT molecular complexity index is 88.5. The summed E-state index contributed by atoms with van der Waals surface area (Å²) >= 11 is 0. The number of hydrogen-bond donors (Lipinski definition) is 2. The molecule has 0 spiro atoms. The summed E-state index contributed by atoms with van der Waals surface area (Å²) in [4.78, 5) is 1.84. The van der Waals surface area contributed by atoms with E-state index in [1.807, 2.05) is 26.0 Å². The predicted octanol–water partition coefficient (Wildman–Crippen LogP) is -0.898. The number of nitrogens with one attached hydrogen (secondary N) is 1. The second-order valence-electron chi connectivity index (χ2n) is 2.58. The van der Waals surface area contributed by atoms with Crippen LogP contribution in [0.5, 0.6) is 0 Å². The van der Waals surface area contributed by atoms with Gasteiger partial charge in [0.2, 0.25) is 0 Å². The molecule has 11 heavy (non-hydrogen) atoms. The van der Waals surface area contributed by atoms with Gasteiger partial charge in [-0.25, -0.2) is 0 Å². The maximum Gasteiger partial charge on any atom is 0.133 e. The van der Waals surface area contributed by atoms with Crippen molar-refractivity contribution in [3.8, 4) is 0 Å². The maximum absolute atomic E-state index is 8.81. The van der Waals surface area contributed by atoms with Gasteiger partial charge in [0.1, 0.15) is 6.23 Å². The van der Waals surface area contributed by atoms with E-state index in [1.54, 1.807) is 0 Å². The molecule has 0 aliphatic heterocycles. The highest BCUT2D eigenvalue weighted by atomic mass is 16.5. The lowest BCUT2D eigenvalue weighted by molar-refractivity contribution is -0.0645. The van der Waals surface area contributed by atoms with Crippen LogP contribution in [0, 0.1) is 0 Å². The predicted molar refractivity (Wildman–Crippen MR) is 44.4 cm³/mol. The number of ether oxygens (including phenoxy) is 1. The molecule has 0 fully saturated rings. The van der Waals surface area contributed by atoms with Gasteiger partial charge in [0.05, 0.1) is 13.2 Å². The fourth-order valence-corrected chi connectivity index (χ4v) is 0.662. The number of aliphatic hydroxyl groups excluding tert-OH is 1. The van der Waals surface area contributed by atoms with Gasteiger partial charge in [0, 0.05) is 6.54 Å². The monoisotopic (exact) mass is 162 g/mol. The summed E-state index contributed by atoms with van der Waals surface area (Å²) in [5.41, 5.74) is 0. The molecule has 2 N–H and O–H groups in total. The fourth-order valence-electron chi connectivity index (χ4n) is 0.662. The molecule has 68 valence electrons. The van der Waals surface area contributed by atoms with Crippen LogP contribution < -0.4 is 5.32 Å². The molecule has 0 aliphatic rings. The quantitative estimate of drug-likeness (QED) is 0.392. The number of rotatable bonds is 6. The molecule has 4 nitrogen and oxygen atoms in total. The molecule has 0 aromatic carbocycles. The van der Waals surface area contributed by atoms with Gasteiger partial charge in [-0.05, 0) is 21.1 Å². The Morgan fingerprint density at radius 3 is 2.55 bits per heavy atom. The van der Waals surface area contributed by atoms with Crippen LogP contribution >= 0.6 is 0 Å². The smallest absolute Gasteiger partial charge is 0.133 e. The Morgan fingerprint density at radius 2 is 2.18 bits per heavy atom. The molecule has 0 saturated heterocycles. The first kappa shape index (κ1) is 10.8. The van der Waals surface area contributed by atoms with Gasteiger partial charge in [0.15, 0.2) is 0 Å². The third-order valence-electron chi connectivity index (χ3n) is 1.39. The minimum atomic E-state index is -0.177. The summed E-state index contributed by atoms with van der Waals surface area (Å²) in [7, 11) is 5.62. The molecular weight excluding hydrogens is 144 g/mol. The first-order valence-electron chi connectivity index (χ1n) is 3.76. The van der Waals surface area contributed by atoms with Crippen molar-refractivity contribution in [2.45, 2.75) is 6.23 Å². The molecule has 0 saturated carbocycles. The van der Waals surface area contributed by atoms with E-state index < -0.39 is 0 Å². The van der Waals surface area contributed by atoms with Crippen LogP contribution in [-0.4, -0.2) is 57.1 Å². The largest absolute Gasteiger partial charge is 0.392 e. The van der Waals surface area contributed by atoms with E-state index in [1.165, 1.54) is 0 Å². The Balaban J connectivity index is 3.36. The molecule has 1 unspecified atom stereocenters. The van der Waals surface area contributed by atoms with E-state index in [2.05, 4.69) is 5.32 Å². The summed E-state index contributed by atoms with van der Waals surface area (Å²) in [6.07, 6.45) is -0.177. The second kappa shape index (κ2) is 6.54. The van der Waals surface area contributed by atoms with Gasteiger partial charge < -0.3 is 15.2 Å². The van der Waals surface area contributed by atoms with Crippen LogP contribution in [0.4, 0.5) is 0 Å². The Hall–Kier alpha value is -0.160. The average molecular weight is 162 g/mol. The third-order valence-corrected chi connectivity index (χ3v) is 1.39. The van der Waals surface area contributed by atoms with Crippen molar-refractivity contribution in [3.63, 3.8) is 0 Å². The maximum atomic E-state index is 8.81. The first-order chi connectivity index (χ1) is 5.22. The zero-order valence-electron chi connectivity index (χ0n) is 7.50. The molecular formula is C7H18N2O2. The van der Waals surface area contributed by atoms with Gasteiger partial charge >= 0.3 is 0 Å². The number of aliphatic hydroxyl groups is 1. The lowest BCUT2D eigenvalue weighted by Gasteiger charge is -2.22. The van der Waals surface area contributed by atoms with Crippen LogP contribution in [0.2, 0.25) is 0 Å².